The Hall–Kier alpha value is -1.13. The van der Waals surface area contributed by atoms with Crippen molar-refractivity contribution in [1.82, 2.24) is 4.98 Å². The number of hydrogen-bond acceptors (Lipinski definition) is 2. The van der Waals surface area contributed by atoms with E-state index in [1.807, 2.05) is 6.07 Å². The normalized spacial score (nSPS) is 10.2. The van der Waals surface area contributed by atoms with Gasteiger partial charge in [0.25, 0.3) is 0 Å². The minimum atomic E-state index is -0.358. The van der Waals surface area contributed by atoms with Crippen LogP contribution in [-0.2, 0) is 0 Å². The highest BCUT2D eigenvalue weighted by Crippen LogP contribution is 2.26. The van der Waals surface area contributed by atoms with Crippen molar-refractivity contribution in [2.24, 2.45) is 0 Å². The van der Waals surface area contributed by atoms with Crippen LogP contribution in [0.15, 0.2) is 41.1 Å². The minimum Gasteiger partial charge on any atom is -0.353 e. The fourth-order valence-corrected chi connectivity index (χ4v) is 1.81. The van der Waals surface area contributed by atoms with E-state index >= 15 is 0 Å². The number of hydrogen-bond donors (Lipinski definition) is 1. The van der Waals surface area contributed by atoms with Gasteiger partial charge in [0.2, 0.25) is 0 Å². The fraction of sp³-hybridized carbons (Fsp3) is 0. The lowest BCUT2D eigenvalue weighted by Gasteiger charge is -2.08. The molecule has 0 unspecified atom stereocenters. The monoisotopic (exact) mass is 300 g/mol. The van der Waals surface area contributed by atoms with E-state index in [9.17, 15) is 4.39 Å². The van der Waals surface area contributed by atoms with Gasteiger partial charge in [-0.3, -0.25) is 4.98 Å². The Kier molecular flexibility index (Phi) is 3.41. The molecule has 0 aliphatic heterocycles. The van der Waals surface area contributed by atoms with Crippen LogP contribution in [-0.4, -0.2) is 4.98 Å². The molecule has 0 bridgehead atoms. The van der Waals surface area contributed by atoms with E-state index in [1.165, 1.54) is 12.1 Å². The molecule has 16 heavy (non-hydrogen) atoms. The molecular weight excluding hydrogens is 294 g/mol. The molecule has 0 aliphatic rings. The van der Waals surface area contributed by atoms with Gasteiger partial charge < -0.3 is 5.32 Å². The maximum absolute atomic E-state index is 12.8. The molecule has 0 amide bonds. The molecule has 0 atom stereocenters. The molecule has 1 aromatic carbocycles. The van der Waals surface area contributed by atoms with Crippen molar-refractivity contribution in [3.63, 3.8) is 0 Å². The van der Waals surface area contributed by atoms with Crippen LogP contribution < -0.4 is 5.32 Å². The summed E-state index contributed by atoms with van der Waals surface area (Å²) in [5, 5.41) is 3.38. The summed E-state index contributed by atoms with van der Waals surface area (Å²) >= 11 is 9.19. The maximum Gasteiger partial charge on any atom is 0.124 e. The third-order valence-corrected chi connectivity index (χ3v) is 2.66. The van der Waals surface area contributed by atoms with Gasteiger partial charge in [0, 0.05) is 10.7 Å². The SMILES string of the molecule is Fc1ccc(Nc2cncc(Br)c2)c(Cl)c1. The molecule has 82 valence electrons. The highest BCUT2D eigenvalue weighted by molar-refractivity contribution is 9.10. The summed E-state index contributed by atoms with van der Waals surface area (Å²) in [6, 6.07) is 6.04. The molecule has 0 saturated heterocycles. The second-order valence-corrected chi connectivity index (χ2v) is 4.46. The molecule has 0 aliphatic carbocycles. The van der Waals surface area contributed by atoms with Crippen LogP contribution in [0.2, 0.25) is 5.02 Å². The summed E-state index contributed by atoms with van der Waals surface area (Å²) in [6.45, 7) is 0. The first-order valence-corrected chi connectivity index (χ1v) is 5.65. The lowest BCUT2D eigenvalue weighted by molar-refractivity contribution is 0.628. The Balaban J connectivity index is 2.27. The molecule has 5 heteroatoms. The zero-order valence-corrected chi connectivity index (χ0v) is 10.4. The summed E-state index contributed by atoms with van der Waals surface area (Å²) < 4.78 is 13.7. The van der Waals surface area contributed by atoms with Crippen LogP contribution >= 0.6 is 27.5 Å². The molecule has 2 nitrogen and oxygen atoms in total. The number of rotatable bonds is 2. The number of nitrogens with one attached hydrogen (secondary N) is 1. The second-order valence-electron chi connectivity index (χ2n) is 3.14. The van der Waals surface area contributed by atoms with Crippen molar-refractivity contribution < 1.29 is 4.39 Å². The number of halogens is 3. The van der Waals surface area contributed by atoms with Gasteiger partial charge in [-0.15, -0.1) is 0 Å². The topological polar surface area (TPSA) is 24.9 Å². The molecule has 0 saturated carbocycles. The molecule has 0 fully saturated rings. The van der Waals surface area contributed by atoms with E-state index < -0.39 is 0 Å². The molecule has 2 rings (SSSR count). The maximum atomic E-state index is 12.8. The summed E-state index contributed by atoms with van der Waals surface area (Å²) in [7, 11) is 0. The second kappa shape index (κ2) is 4.80. The lowest BCUT2D eigenvalue weighted by atomic mass is 10.3. The minimum absolute atomic E-state index is 0.333. The average Bonchev–Trinajstić information content (AvgIpc) is 2.22. The molecule has 0 spiro atoms. The Morgan fingerprint density at radius 2 is 2.06 bits per heavy atom. The number of nitrogens with zero attached hydrogens (tertiary/aromatic N) is 1. The van der Waals surface area contributed by atoms with E-state index in [0.29, 0.717) is 10.7 Å². The predicted octanol–water partition coefficient (Wildman–Crippen LogP) is 4.38. The Bertz CT molecular complexity index is 519. The van der Waals surface area contributed by atoms with Gasteiger partial charge in [-0.25, -0.2) is 4.39 Å². The third-order valence-electron chi connectivity index (χ3n) is 1.92. The van der Waals surface area contributed by atoms with E-state index in [1.54, 1.807) is 18.5 Å². The standard InChI is InChI=1S/C11H7BrClFN2/c12-7-3-9(6-15-5-7)16-11-2-1-8(14)4-10(11)13/h1-6,16H. The van der Waals surface area contributed by atoms with Crippen molar-refractivity contribution in [3.05, 3.63) is 52.0 Å². The van der Waals surface area contributed by atoms with Crippen LogP contribution in [0.5, 0.6) is 0 Å². The summed E-state index contributed by atoms with van der Waals surface area (Å²) in [5.74, 6) is -0.358. The van der Waals surface area contributed by atoms with Crippen LogP contribution in [0.4, 0.5) is 15.8 Å². The zero-order chi connectivity index (χ0) is 11.5. The lowest BCUT2D eigenvalue weighted by Crippen LogP contribution is -1.92. The molecular formula is C11H7BrClFN2. The van der Waals surface area contributed by atoms with E-state index in [0.717, 1.165) is 10.2 Å². The quantitative estimate of drug-likeness (QED) is 0.890. The fourth-order valence-electron chi connectivity index (χ4n) is 1.23. The van der Waals surface area contributed by atoms with Crippen molar-refractivity contribution in [1.29, 1.82) is 0 Å². The summed E-state index contributed by atoms with van der Waals surface area (Å²) in [4.78, 5) is 4.00. The molecule has 1 heterocycles. The van der Waals surface area contributed by atoms with Gasteiger partial charge in [-0.2, -0.15) is 0 Å². The van der Waals surface area contributed by atoms with Crippen LogP contribution in [0.1, 0.15) is 0 Å². The molecule has 2 aromatic rings. The van der Waals surface area contributed by atoms with Crippen molar-refractivity contribution in [3.8, 4) is 0 Å². The number of aromatic nitrogens is 1. The molecule has 0 radical (unpaired) electrons. The van der Waals surface area contributed by atoms with Gasteiger partial charge in [0.15, 0.2) is 0 Å². The first kappa shape index (κ1) is 11.4. The molecule has 1 aromatic heterocycles. The first-order chi connectivity index (χ1) is 7.65. The van der Waals surface area contributed by atoms with Gasteiger partial charge in [0.1, 0.15) is 5.82 Å². The highest BCUT2D eigenvalue weighted by atomic mass is 79.9. The highest BCUT2D eigenvalue weighted by Gasteiger charge is 2.02. The number of anilines is 2. The van der Waals surface area contributed by atoms with E-state index in [4.69, 9.17) is 11.6 Å². The van der Waals surface area contributed by atoms with Crippen molar-refractivity contribution in [2.45, 2.75) is 0 Å². The van der Waals surface area contributed by atoms with Gasteiger partial charge >= 0.3 is 0 Å². The third kappa shape index (κ3) is 2.71. The van der Waals surface area contributed by atoms with E-state index in [-0.39, 0.29) is 5.82 Å². The van der Waals surface area contributed by atoms with Crippen LogP contribution in [0.25, 0.3) is 0 Å². The van der Waals surface area contributed by atoms with E-state index in [2.05, 4.69) is 26.2 Å². The Labute approximate surface area is 106 Å². The van der Waals surface area contributed by atoms with Crippen molar-refractivity contribution in [2.75, 3.05) is 5.32 Å². The summed E-state index contributed by atoms with van der Waals surface area (Å²) in [5.41, 5.74) is 1.42. The first-order valence-electron chi connectivity index (χ1n) is 4.48. The summed E-state index contributed by atoms with van der Waals surface area (Å²) in [6.07, 6.45) is 3.34. The smallest absolute Gasteiger partial charge is 0.124 e. The van der Waals surface area contributed by atoms with Crippen LogP contribution in [0, 0.1) is 5.82 Å². The zero-order valence-electron chi connectivity index (χ0n) is 8.05. The number of benzene rings is 1. The number of pyridine rings is 1. The van der Waals surface area contributed by atoms with Crippen LogP contribution in [0.3, 0.4) is 0 Å². The Morgan fingerprint density at radius 3 is 2.75 bits per heavy atom. The van der Waals surface area contributed by atoms with Gasteiger partial charge in [0.05, 0.1) is 22.6 Å². The molecule has 1 N–H and O–H groups in total. The van der Waals surface area contributed by atoms with Gasteiger partial charge in [-0.05, 0) is 40.2 Å². The average molecular weight is 302 g/mol. The van der Waals surface area contributed by atoms with Gasteiger partial charge in [-0.1, -0.05) is 11.6 Å². The van der Waals surface area contributed by atoms with Crippen molar-refractivity contribution >= 4 is 38.9 Å². The Morgan fingerprint density at radius 1 is 1.25 bits per heavy atom. The predicted molar refractivity (Wildman–Crippen MR) is 66.6 cm³/mol. The largest absolute Gasteiger partial charge is 0.353 e.